The van der Waals surface area contributed by atoms with Crippen molar-refractivity contribution in [1.29, 1.82) is 0 Å². The van der Waals surface area contributed by atoms with Gasteiger partial charge < -0.3 is 19.3 Å². The number of hydrogen-bond donors (Lipinski definition) is 2. The fourth-order valence-corrected chi connectivity index (χ4v) is 7.42. The van der Waals surface area contributed by atoms with Gasteiger partial charge in [-0.2, -0.15) is 0 Å². The van der Waals surface area contributed by atoms with Crippen LogP contribution in [0.2, 0.25) is 0 Å². The van der Waals surface area contributed by atoms with Crippen LogP contribution in [0.3, 0.4) is 0 Å². The highest BCUT2D eigenvalue weighted by molar-refractivity contribution is 6.13. The molecule has 50 heavy (non-hydrogen) atoms. The summed E-state index contributed by atoms with van der Waals surface area (Å²) < 4.78 is 4.37. The monoisotopic (exact) mass is 648 g/mol. The smallest absolute Gasteiger partial charge is 0.336 e. The third-order valence-electron chi connectivity index (χ3n) is 9.61. The van der Waals surface area contributed by atoms with E-state index in [2.05, 4.69) is 57.7 Å². The van der Waals surface area contributed by atoms with Gasteiger partial charge in [-0.15, -0.1) is 0 Å². The maximum absolute atomic E-state index is 12.9. The maximum atomic E-state index is 12.9. The molecule has 0 atom stereocenters. The molecule has 0 fully saturated rings. The Hall–Kier alpha value is -6.92. The number of carboxylic acids is 2. The Labute approximate surface area is 286 Å². The van der Waals surface area contributed by atoms with Gasteiger partial charge >= 0.3 is 11.9 Å². The largest absolute Gasteiger partial charge is 0.478 e. The Bertz CT molecular complexity index is 2620. The number of benzene rings is 7. The second kappa shape index (κ2) is 11.4. The second-order valence-corrected chi connectivity index (χ2v) is 12.4. The van der Waals surface area contributed by atoms with Crippen molar-refractivity contribution >= 4 is 55.6 Å². The van der Waals surface area contributed by atoms with Crippen molar-refractivity contribution in [2.24, 2.45) is 0 Å². The highest BCUT2D eigenvalue weighted by Gasteiger charge is 2.23. The summed E-state index contributed by atoms with van der Waals surface area (Å²) in [6.07, 6.45) is 0. The third-order valence-corrected chi connectivity index (χ3v) is 9.61. The zero-order valence-corrected chi connectivity index (χ0v) is 26.6. The van der Waals surface area contributed by atoms with Gasteiger partial charge in [0.25, 0.3) is 0 Å². The lowest BCUT2D eigenvalue weighted by Gasteiger charge is -2.14. The van der Waals surface area contributed by atoms with Crippen molar-refractivity contribution in [3.8, 4) is 33.6 Å². The lowest BCUT2D eigenvalue weighted by Crippen LogP contribution is -2.06. The number of nitrogens with zero attached hydrogens (tertiary/aromatic N) is 2. The Kier molecular flexibility index (Phi) is 6.64. The summed E-state index contributed by atoms with van der Waals surface area (Å²) in [5.74, 6) is -2.27. The summed E-state index contributed by atoms with van der Waals surface area (Å²) in [6.45, 7) is 0. The summed E-state index contributed by atoms with van der Waals surface area (Å²) in [6, 6.07) is 51.0. The normalized spacial score (nSPS) is 11.5. The molecule has 2 heterocycles. The highest BCUT2D eigenvalue weighted by atomic mass is 16.4. The second-order valence-electron chi connectivity index (χ2n) is 12.4. The minimum atomic E-state index is -1.13. The standard InChI is InChI=1S/C44H28N2O4/c47-43(48)37-26-34(28-20-22-42-36(24-28)32-16-8-10-18-40(32)46(42)30-13-5-2-6-14-30)38(44(49)50)25-33(37)27-19-21-41-35(23-27)31-15-7-9-17-39(31)45(41)29-11-3-1-4-12-29/h1-26H,(H,47,48)(H,49,50). The summed E-state index contributed by atoms with van der Waals surface area (Å²) in [7, 11) is 0. The molecule has 9 rings (SSSR count). The van der Waals surface area contributed by atoms with Gasteiger partial charge in [0.2, 0.25) is 0 Å². The first-order valence-electron chi connectivity index (χ1n) is 16.3. The van der Waals surface area contributed by atoms with Crippen LogP contribution in [0.5, 0.6) is 0 Å². The molecule has 7 aromatic carbocycles. The molecule has 0 saturated heterocycles. The van der Waals surface area contributed by atoms with E-state index in [4.69, 9.17) is 0 Å². The molecule has 6 heteroatoms. The SMILES string of the molecule is O=C(O)c1cc(-c2ccc3c(c2)c2ccccc2n3-c2ccccc2)c(C(=O)O)cc1-c1ccc2c(c1)c1ccccc1n2-c1ccccc1. The molecule has 0 radical (unpaired) electrons. The third kappa shape index (κ3) is 4.50. The molecule has 0 aliphatic heterocycles. The van der Waals surface area contributed by atoms with Crippen LogP contribution in [0.25, 0.3) is 77.2 Å². The van der Waals surface area contributed by atoms with Crippen LogP contribution in [0, 0.1) is 0 Å². The van der Waals surface area contributed by atoms with Gasteiger partial charge in [-0.05, 0) is 95.1 Å². The Balaban J connectivity index is 1.25. The van der Waals surface area contributed by atoms with E-state index in [1.165, 1.54) is 12.1 Å². The molecule has 0 aliphatic rings. The lowest BCUT2D eigenvalue weighted by molar-refractivity contribution is 0.0682. The van der Waals surface area contributed by atoms with Crippen LogP contribution >= 0.6 is 0 Å². The van der Waals surface area contributed by atoms with Gasteiger partial charge in [-0.3, -0.25) is 0 Å². The van der Waals surface area contributed by atoms with E-state index in [0.29, 0.717) is 22.3 Å². The van der Waals surface area contributed by atoms with Gasteiger partial charge in [-0.1, -0.05) is 84.9 Å². The van der Waals surface area contributed by atoms with Gasteiger partial charge in [0.05, 0.1) is 33.2 Å². The van der Waals surface area contributed by atoms with Gasteiger partial charge in [0.1, 0.15) is 0 Å². The van der Waals surface area contributed by atoms with E-state index >= 15 is 0 Å². The van der Waals surface area contributed by atoms with E-state index in [0.717, 1.165) is 55.0 Å². The first kappa shape index (κ1) is 29.2. The predicted molar refractivity (Wildman–Crippen MR) is 200 cm³/mol. The van der Waals surface area contributed by atoms with E-state index in [1.807, 2.05) is 97.1 Å². The fraction of sp³-hybridized carbons (Fsp3) is 0. The van der Waals surface area contributed by atoms with Gasteiger partial charge in [0.15, 0.2) is 0 Å². The predicted octanol–water partition coefficient (Wildman–Crippen LogP) is 10.6. The number of fused-ring (bicyclic) bond motifs is 6. The van der Waals surface area contributed by atoms with Gasteiger partial charge in [-0.25, -0.2) is 9.59 Å². The molecule has 0 aliphatic carbocycles. The zero-order valence-electron chi connectivity index (χ0n) is 26.6. The number of para-hydroxylation sites is 4. The molecule has 0 amide bonds. The van der Waals surface area contributed by atoms with Gasteiger partial charge in [0, 0.05) is 32.9 Å². The van der Waals surface area contributed by atoms with Crippen LogP contribution in [-0.4, -0.2) is 31.3 Å². The van der Waals surface area contributed by atoms with E-state index < -0.39 is 11.9 Å². The van der Waals surface area contributed by atoms with E-state index in [-0.39, 0.29) is 11.1 Å². The highest BCUT2D eigenvalue weighted by Crippen LogP contribution is 2.40. The minimum absolute atomic E-state index is 0.0305. The zero-order chi connectivity index (χ0) is 33.9. The molecular formula is C44H28N2O4. The van der Waals surface area contributed by atoms with Crippen molar-refractivity contribution in [2.75, 3.05) is 0 Å². The first-order chi connectivity index (χ1) is 24.5. The summed E-state index contributed by atoms with van der Waals surface area (Å²) >= 11 is 0. The summed E-state index contributed by atoms with van der Waals surface area (Å²) in [4.78, 5) is 25.8. The lowest BCUT2D eigenvalue weighted by atomic mass is 9.89. The minimum Gasteiger partial charge on any atom is -0.478 e. The fourth-order valence-electron chi connectivity index (χ4n) is 7.42. The Morgan fingerprint density at radius 1 is 0.380 bits per heavy atom. The van der Waals surface area contributed by atoms with Crippen molar-refractivity contribution in [3.05, 3.63) is 169 Å². The quantitative estimate of drug-likeness (QED) is 0.188. The molecule has 2 N–H and O–H groups in total. The van der Waals surface area contributed by atoms with E-state index in [9.17, 15) is 19.8 Å². The molecular weight excluding hydrogens is 620 g/mol. The molecule has 0 saturated carbocycles. The number of aromatic carboxylic acids is 2. The number of hydrogen-bond acceptors (Lipinski definition) is 2. The number of carboxylic acid groups (broad SMARTS) is 2. The van der Waals surface area contributed by atoms with Crippen molar-refractivity contribution < 1.29 is 19.8 Å². The summed E-state index contributed by atoms with van der Waals surface area (Å²) in [5.41, 5.74) is 8.02. The van der Waals surface area contributed by atoms with Crippen LogP contribution in [0.4, 0.5) is 0 Å². The Morgan fingerprint density at radius 2 is 0.740 bits per heavy atom. The van der Waals surface area contributed by atoms with Crippen LogP contribution in [-0.2, 0) is 0 Å². The summed E-state index contributed by atoms with van der Waals surface area (Å²) in [5, 5.41) is 25.0. The Morgan fingerprint density at radius 3 is 1.14 bits per heavy atom. The van der Waals surface area contributed by atoms with Crippen molar-refractivity contribution in [3.63, 3.8) is 0 Å². The molecule has 6 nitrogen and oxygen atoms in total. The van der Waals surface area contributed by atoms with E-state index in [1.54, 1.807) is 0 Å². The first-order valence-corrected chi connectivity index (χ1v) is 16.3. The number of carbonyl (C=O) groups is 2. The maximum Gasteiger partial charge on any atom is 0.336 e. The van der Waals surface area contributed by atoms with Crippen LogP contribution < -0.4 is 0 Å². The van der Waals surface area contributed by atoms with Crippen LogP contribution in [0.1, 0.15) is 20.7 Å². The molecule has 2 aromatic heterocycles. The average molecular weight is 649 g/mol. The van der Waals surface area contributed by atoms with Crippen molar-refractivity contribution in [1.82, 2.24) is 9.13 Å². The molecule has 0 unspecified atom stereocenters. The molecule has 9 aromatic rings. The average Bonchev–Trinajstić information content (AvgIpc) is 3.67. The topological polar surface area (TPSA) is 84.5 Å². The van der Waals surface area contributed by atoms with Crippen LogP contribution in [0.15, 0.2) is 158 Å². The molecule has 0 spiro atoms. The molecule has 238 valence electrons. The number of rotatable bonds is 6. The molecule has 0 bridgehead atoms. The van der Waals surface area contributed by atoms with Crippen molar-refractivity contribution in [2.45, 2.75) is 0 Å². The number of aromatic nitrogens is 2.